The molecular weight excluding hydrogens is 493 g/mol. The van der Waals surface area contributed by atoms with Crippen LogP contribution in [0.3, 0.4) is 0 Å². The largest absolute Gasteiger partial charge is 0.474 e. The minimum absolute atomic E-state index is 0. The summed E-state index contributed by atoms with van der Waals surface area (Å²) in [5.74, 6) is -0.664. The topological polar surface area (TPSA) is 135 Å². The van der Waals surface area contributed by atoms with Gasteiger partial charge in [0.2, 0.25) is 5.88 Å². The molecule has 0 saturated carbocycles. The zero-order chi connectivity index (χ0) is 24.3. The second-order valence-electron chi connectivity index (χ2n) is 7.02. The van der Waals surface area contributed by atoms with Crippen molar-refractivity contribution >= 4 is 29.8 Å². The Morgan fingerprint density at radius 1 is 1.14 bits per heavy atom. The van der Waals surface area contributed by atoms with Gasteiger partial charge in [0.25, 0.3) is 5.91 Å². The van der Waals surface area contributed by atoms with Crippen LogP contribution in [0, 0.1) is 0 Å². The number of amides is 1. The van der Waals surface area contributed by atoms with Crippen molar-refractivity contribution in [3.8, 4) is 17.1 Å². The Balaban J connectivity index is 0.00000342. The summed E-state index contributed by atoms with van der Waals surface area (Å²) in [5.41, 5.74) is -0.768. The molecule has 3 heterocycles. The summed E-state index contributed by atoms with van der Waals surface area (Å²) in [6, 6.07) is 7.92. The van der Waals surface area contributed by atoms with Gasteiger partial charge in [-0.2, -0.15) is 22.8 Å². The third kappa shape index (κ3) is 5.82. The van der Waals surface area contributed by atoms with Crippen LogP contribution < -0.4 is 10.1 Å². The van der Waals surface area contributed by atoms with Crippen molar-refractivity contribution in [1.82, 2.24) is 24.6 Å². The summed E-state index contributed by atoms with van der Waals surface area (Å²) >= 11 is 0. The molecule has 14 heteroatoms. The lowest BCUT2D eigenvalue weighted by Gasteiger charge is -2.12. The molecule has 0 aliphatic rings. The number of fused-ring (bicyclic) bond motifs is 1. The number of benzene rings is 1. The van der Waals surface area contributed by atoms with Gasteiger partial charge in [0.05, 0.1) is 36.5 Å². The number of aliphatic hydroxyl groups excluding tert-OH is 2. The summed E-state index contributed by atoms with van der Waals surface area (Å²) in [4.78, 5) is 24.6. The van der Waals surface area contributed by atoms with Crippen LogP contribution in [0.15, 0.2) is 55.0 Å². The van der Waals surface area contributed by atoms with E-state index in [1.54, 1.807) is 0 Å². The molecule has 3 aromatic heterocycles. The molecule has 0 saturated heterocycles. The van der Waals surface area contributed by atoms with Gasteiger partial charge in [-0.25, -0.2) is 9.97 Å². The van der Waals surface area contributed by atoms with Crippen LogP contribution in [-0.2, 0) is 6.18 Å². The summed E-state index contributed by atoms with van der Waals surface area (Å²) < 4.78 is 46.6. The quantitative estimate of drug-likeness (QED) is 0.345. The van der Waals surface area contributed by atoms with E-state index in [1.165, 1.54) is 53.4 Å². The van der Waals surface area contributed by atoms with Crippen molar-refractivity contribution in [2.75, 3.05) is 18.5 Å². The maximum absolute atomic E-state index is 13.4. The molecule has 0 radical (unpaired) electrons. The molecular formula is C21H18ClF3N6O4. The van der Waals surface area contributed by atoms with E-state index >= 15 is 0 Å². The molecule has 1 atom stereocenters. The highest BCUT2D eigenvalue weighted by Crippen LogP contribution is 2.36. The van der Waals surface area contributed by atoms with Crippen LogP contribution >= 0.6 is 12.4 Å². The molecule has 0 bridgehead atoms. The lowest BCUT2D eigenvalue weighted by atomic mass is 10.0. The molecule has 1 unspecified atom stereocenters. The Hall–Kier alpha value is -3.81. The van der Waals surface area contributed by atoms with E-state index in [1.807, 2.05) is 0 Å². The number of alkyl halides is 3. The van der Waals surface area contributed by atoms with E-state index in [9.17, 15) is 23.1 Å². The first kappa shape index (κ1) is 25.8. The fraction of sp³-hybridized carbons (Fsp3) is 0.190. The van der Waals surface area contributed by atoms with Crippen LogP contribution in [0.25, 0.3) is 16.9 Å². The highest BCUT2D eigenvalue weighted by Gasteiger charge is 2.33. The van der Waals surface area contributed by atoms with E-state index in [0.29, 0.717) is 5.65 Å². The van der Waals surface area contributed by atoms with Gasteiger partial charge in [0.1, 0.15) is 12.7 Å². The number of ether oxygens (including phenoxy) is 1. The van der Waals surface area contributed by atoms with Crippen molar-refractivity contribution < 1.29 is 32.9 Å². The minimum Gasteiger partial charge on any atom is -0.474 e. The van der Waals surface area contributed by atoms with E-state index in [-0.39, 0.29) is 47.7 Å². The molecule has 10 nitrogen and oxygen atoms in total. The average Bonchev–Trinajstić information content (AvgIpc) is 3.24. The molecule has 0 aliphatic carbocycles. The molecule has 4 rings (SSSR count). The lowest BCUT2D eigenvalue weighted by Crippen LogP contribution is -2.22. The van der Waals surface area contributed by atoms with E-state index in [4.69, 9.17) is 9.84 Å². The number of hydrogen-bond acceptors (Lipinski definition) is 8. The number of aliphatic hydroxyl groups is 2. The highest BCUT2D eigenvalue weighted by atomic mass is 35.5. The van der Waals surface area contributed by atoms with Crippen molar-refractivity contribution in [1.29, 1.82) is 0 Å². The molecule has 1 aromatic carbocycles. The summed E-state index contributed by atoms with van der Waals surface area (Å²) in [6.07, 6.45) is -2.00. The maximum atomic E-state index is 13.4. The van der Waals surface area contributed by atoms with Crippen LogP contribution in [-0.4, -0.2) is 60.0 Å². The third-order valence-corrected chi connectivity index (χ3v) is 4.59. The Morgan fingerprint density at radius 3 is 2.66 bits per heavy atom. The number of carbonyl (C=O) groups excluding carboxylic acids is 1. The van der Waals surface area contributed by atoms with Crippen molar-refractivity contribution in [2.45, 2.75) is 12.3 Å². The number of imidazole rings is 1. The molecule has 0 spiro atoms. The number of halogens is 4. The maximum Gasteiger partial charge on any atom is 0.417 e. The lowest BCUT2D eigenvalue weighted by molar-refractivity contribution is -0.137. The zero-order valence-electron chi connectivity index (χ0n) is 17.7. The smallest absolute Gasteiger partial charge is 0.417 e. The zero-order valence-corrected chi connectivity index (χ0v) is 18.5. The number of rotatable bonds is 7. The Kier molecular flexibility index (Phi) is 7.84. The van der Waals surface area contributed by atoms with Gasteiger partial charge < -0.3 is 20.3 Å². The number of aromatic nitrogens is 5. The Labute approximate surface area is 201 Å². The normalized spacial score (nSPS) is 12.1. The van der Waals surface area contributed by atoms with Gasteiger partial charge in [-0.1, -0.05) is 18.2 Å². The summed E-state index contributed by atoms with van der Waals surface area (Å²) in [6.45, 7) is -0.764. The number of anilines is 1. The van der Waals surface area contributed by atoms with Crippen LogP contribution in [0.4, 0.5) is 19.0 Å². The second-order valence-corrected chi connectivity index (χ2v) is 7.02. The van der Waals surface area contributed by atoms with Crippen molar-refractivity contribution in [3.05, 3.63) is 66.2 Å². The van der Waals surface area contributed by atoms with Crippen LogP contribution in [0.5, 0.6) is 5.88 Å². The predicted molar refractivity (Wildman–Crippen MR) is 119 cm³/mol. The molecule has 184 valence electrons. The van der Waals surface area contributed by atoms with Gasteiger partial charge in [-0.15, -0.1) is 12.4 Å². The predicted octanol–water partition coefficient (Wildman–Crippen LogP) is 2.61. The van der Waals surface area contributed by atoms with E-state index in [2.05, 4.69) is 25.4 Å². The molecule has 0 fully saturated rings. The fourth-order valence-electron chi connectivity index (χ4n) is 3.00. The first-order valence-corrected chi connectivity index (χ1v) is 9.83. The van der Waals surface area contributed by atoms with Gasteiger partial charge >= 0.3 is 6.18 Å². The molecule has 3 N–H and O–H groups in total. The third-order valence-electron chi connectivity index (χ3n) is 4.59. The molecule has 0 aliphatic heterocycles. The average molecular weight is 511 g/mol. The van der Waals surface area contributed by atoms with Gasteiger partial charge in [-0.05, 0) is 18.2 Å². The number of carbonyl (C=O) groups is 1. The molecule has 4 aromatic rings. The fourth-order valence-corrected chi connectivity index (χ4v) is 3.00. The minimum atomic E-state index is -4.57. The van der Waals surface area contributed by atoms with Crippen LogP contribution in [0.2, 0.25) is 0 Å². The molecule has 35 heavy (non-hydrogen) atoms. The first-order valence-electron chi connectivity index (χ1n) is 9.83. The number of nitrogens with one attached hydrogen (secondary N) is 1. The highest BCUT2D eigenvalue weighted by molar-refractivity contribution is 6.02. The summed E-state index contributed by atoms with van der Waals surface area (Å²) in [5, 5.41) is 25.0. The van der Waals surface area contributed by atoms with Crippen molar-refractivity contribution in [3.63, 3.8) is 0 Å². The standard InChI is InChI=1S/C21H17F3N6O4.ClH/c22-21(23,24)14-4-2-1-3-13(14)15-5-6-17-26-8-18(30(17)29-15)28-20(33)16-7-25-9-19(27-16)34-11-12(32)10-31;/h1-9,12,31-32H,10-11H2,(H,28,33);1H. The monoisotopic (exact) mass is 510 g/mol. The Morgan fingerprint density at radius 2 is 1.91 bits per heavy atom. The number of hydrogen-bond donors (Lipinski definition) is 3. The van der Waals surface area contributed by atoms with Crippen LogP contribution in [0.1, 0.15) is 16.1 Å². The van der Waals surface area contributed by atoms with Gasteiger partial charge in [-0.3, -0.25) is 9.78 Å². The van der Waals surface area contributed by atoms with Gasteiger partial charge in [0, 0.05) is 5.56 Å². The molecule has 1 amide bonds. The second kappa shape index (κ2) is 10.6. The first-order chi connectivity index (χ1) is 16.3. The Bertz CT molecular complexity index is 1330. The van der Waals surface area contributed by atoms with Crippen molar-refractivity contribution in [2.24, 2.45) is 0 Å². The van der Waals surface area contributed by atoms with Gasteiger partial charge in [0.15, 0.2) is 17.2 Å². The van der Waals surface area contributed by atoms with E-state index in [0.717, 1.165) is 6.07 Å². The SMILES string of the molecule is Cl.O=C(Nc1cnc2ccc(-c3ccccc3C(F)(F)F)nn12)c1cncc(OCC(O)CO)n1. The number of nitrogens with zero attached hydrogens (tertiary/aromatic N) is 5. The summed E-state index contributed by atoms with van der Waals surface area (Å²) in [7, 11) is 0. The van der Waals surface area contributed by atoms with E-state index < -0.39 is 30.4 Å².